The number of ether oxygens (including phenoxy) is 1. The molecule has 0 saturated heterocycles. The molecule has 0 amide bonds. The van der Waals surface area contributed by atoms with Gasteiger partial charge in [-0.25, -0.2) is 0 Å². The molecule has 0 bridgehead atoms. The third kappa shape index (κ3) is 1.90. The van der Waals surface area contributed by atoms with E-state index in [1.165, 1.54) is 16.5 Å². The molecule has 0 aliphatic carbocycles. The molecular formula is C13H16O2. The highest BCUT2D eigenvalue weighted by atomic mass is 16.5. The number of rotatable bonds is 3. The minimum Gasteiger partial charge on any atom is -0.458 e. The number of furan rings is 1. The lowest BCUT2D eigenvalue weighted by Gasteiger charge is -1.99. The van der Waals surface area contributed by atoms with Crippen molar-refractivity contribution >= 4 is 11.0 Å². The lowest BCUT2D eigenvalue weighted by atomic mass is 10.1. The van der Waals surface area contributed by atoms with Crippen molar-refractivity contribution < 1.29 is 9.15 Å². The maximum atomic E-state index is 5.71. The second kappa shape index (κ2) is 4.07. The third-order valence-corrected chi connectivity index (χ3v) is 2.61. The van der Waals surface area contributed by atoms with Gasteiger partial charge in [-0.1, -0.05) is 13.0 Å². The van der Waals surface area contributed by atoms with Crippen molar-refractivity contribution in [2.24, 2.45) is 0 Å². The molecule has 0 aliphatic rings. The van der Waals surface area contributed by atoms with Crippen LogP contribution in [0, 0.1) is 6.92 Å². The van der Waals surface area contributed by atoms with Crippen LogP contribution in [0.4, 0.5) is 0 Å². The minimum atomic E-state index is 0.537. The van der Waals surface area contributed by atoms with Gasteiger partial charge in [0.2, 0.25) is 0 Å². The van der Waals surface area contributed by atoms with Gasteiger partial charge in [0.25, 0.3) is 0 Å². The van der Waals surface area contributed by atoms with Crippen LogP contribution >= 0.6 is 0 Å². The molecule has 0 saturated carbocycles. The van der Waals surface area contributed by atoms with Crippen molar-refractivity contribution in [1.29, 1.82) is 0 Å². The van der Waals surface area contributed by atoms with Crippen LogP contribution in [-0.2, 0) is 17.8 Å². The summed E-state index contributed by atoms with van der Waals surface area (Å²) in [5.41, 5.74) is 3.54. The number of hydrogen-bond acceptors (Lipinski definition) is 2. The zero-order valence-corrected chi connectivity index (χ0v) is 9.46. The Morgan fingerprint density at radius 1 is 1.27 bits per heavy atom. The van der Waals surface area contributed by atoms with Crippen LogP contribution in [-0.4, -0.2) is 7.11 Å². The van der Waals surface area contributed by atoms with Gasteiger partial charge in [0.15, 0.2) is 0 Å². The maximum Gasteiger partial charge on any atom is 0.137 e. The van der Waals surface area contributed by atoms with Crippen molar-refractivity contribution in [2.45, 2.75) is 26.9 Å². The summed E-state index contributed by atoms with van der Waals surface area (Å²) in [6.07, 6.45) is 1.06. The average Bonchev–Trinajstić information content (AvgIpc) is 2.61. The number of hydrogen-bond donors (Lipinski definition) is 0. The van der Waals surface area contributed by atoms with Gasteiger partial charge in [-0.05, 0) is 36.6 Å². The van der Waals surface area contributed by atoms with E-state index < -0.39 is 0 Å². The van der Waals surface area contributed by atoms with Gasteiger partial charge >= 0.3 is 0 Å². The quantitative estimate of drug-likeness (QED) is 0.764. The van der Waals surface area contributed by atoms with E-state index in [0.717, 1.165) is 17.8 Å². The first-order valence-corrected chi connectivity index (χ1v) is 5.25. The smallest absolute Gasteiger partial charge is 0.137 e. The summed E-state index contributed by atoms with van der Waals surface area (Å²) in [7, 11) is 1.68. The molecule has 15 heavy (non-hydrogen) atoms. The minimum absolute atomic E-state index is 0.537. The van der Waals surface area contributed by atoms with Gasteiger partial charge in [0, 0.05) is 12.5 Å². The molecule has 0 N–H and O–H groups in total. The molecule has 1 aromatic carbocycles. The summed E-state index contributed by atoms with van der Waals surface area (Å²) in [6.45, 7) is 4.79. The Labute approximate surface area is 89.8 Å². The van der Waals surface area contributed by atoms with Crippen LogP contribution in [0.5, 0.6) is 0 Å². The van der Waals surface area contributed by atoms with Crippen molar-refractivity contribution in [2.75, 3.05) is 7.11 Å². The number of aryl methyl sites for hydroxylation is 2. The first-order valence-electron chi connectivity index (χ1n) is 5.25. The lowest BCUT2D eigenvalue weighted by molar-refractivity contribution is 0.166. The van der Waals surface area contributed by atoms with Crippen LogP contribution in [0.2, 0.25) is 0 Å². The summed E-state index contributed by atoms with van der Waals surface area (Å²) in [5.74, 6) is 0.892. The normalized spacial score (nSPS) is 11.1. The zero-order valence-electron chi connectivity index (χ0n) is 9.46. The number of benzene rings is 1. The maximum absolute atomic E-state index is 5.71. The van der Waals surface area contributed by atoms with E-state index in [1.54, 1.807) is 7.11 Å². The van der Waals surface area contributed by atoms with E-state index in [2.05, 4.69) is 32.0 Å². The number of methoxy groups -OCH3 is 1. The van der Waals surface area contributed by atoms with Gasteiger partial charge in [0.05, 0.1) is 0 Å². The van der Waals surface area contributed by atoms with Crippen LogP contribution < -0.4 is 0 Å². The van der Waals surface area contributed by atoms with E-state index in [0.29, 0.717) is 6.61 Å². The monoisotopic (exact) mass is 204 g/mol. The standard InChI is InChI=1S/C13H16O2/c1-4-10-5-9(2)13-11(6-10)7-12(15-13)8-14-3/h5-7H,4,8H2,1-3H3. The van der Waals surface area contributed by atoms with Crippen LogP contribution in [0.15, 0.2) is 22.6 Å². The molecule has 2 nitrogen and oxygen atoms in total. The SMILES string of the molecule is CCc1cc(C)c2oc(COC)cc2c1. The second-order valence-corrected chi connectivity index (χ2v) is 3.83. The summed E-state index contributed by atoms with van der Waals surface area (Å²) in [5, 5.41) is 1.18. The fourth-order valence-electron chi connectivity index (χ4n) is 1.88. The van der Waals surface area contributed by atoms with Gasteiger partial charge in [-0.3, -0.25) is 0 Å². The summed E-state index contributed by atoms with van der Waals surface area (Å²) >= 11 is 0. The largest absolute Gasteiger partial charge is 0.458 e. The van der Waals surface area contributed by atoms with E-state index >= 15 is 0 Å². The van der Waals surface area contributed by atoms with E-state index in [4.69, 9.17) is 9.15 Å². The molecular weight excluding hydrogens is 188 g/mol. The van der Waals surface area contributed by atoms with Crippen molar-refractivity contribution in [3.8, 4) is 0 Å². The van der Waals surface area contributed by atoms with E-state index in [1.807, 2.05) is 0 Å². The van der Waals surface area contributed by atoms with Crippen LogP contribution in [0.25, 0.3) is 11.0 Å². The molecule has 0 radical (unpaired) electrons. The van der Waals surface area contributed by atoms with E-state index in [-0.39, 0.29) is 0 Å². The van der Waals surface area contributed by atoms with Crippen molar-refractivity contribution in [3.05, 3.63) is 35.1 Å². The Bertz CT molecular complexity index is 469. The third-order valence-electron chi connectivity index (χ3n) is 2.61. The van der Waals surface area contributed by atoms with Crippen LogP contribution in [0.1, 0.15) is 23.8 Å². The second-order valence-electron chi connectivity index (χ2n) is 3.83. The highest BCUT2D eigenvalue weighted by Crippen LogP contribution is 2.25. The summed E-state index contributed by atoms with van der Waals surface area (Å²) < 4.78 is 10.8. The molecule has 2 aromatic rings. The predicted octanol–water partition coefficient (Wildman–Crippen LogP) is 3.45. The fraction of sp³-hybridized carbons (Fsp3) is 0.385. The van der Waals surface area contributed by atoms with Crippen molar-refractivity contribution in [1.82, 2.24) is 0 Å². The first kappa shape index (κ1) is 10.2. The Balaban J connectivity index is 2.54. The Kier molecular flexibility index (Phi) is 2.78. The van der Waals surface area contributed by atoms with Crippen LogP contribution in [0.3, 0.4) is 0 Å². The first-order chi connectivity index (χ1) is 7.24. The van der Waals surface area contributed by atoms with Gasteiger partial charge in [0.1, 0.15) is 18.0 Å². The van der Waals surface area contributed by atoms with E-state index in [9.17, 15) is 0 Å². The topological polar surface area (TPSA) is 22.4 Å². The van der Waals surface area contributed by atoms with Crippen molar-refractivity contribution in [3.63, 3.8) is 0 Å². The van der Waals surface area contributed by atoms with Gasteiger partial charge in [-0.2, -0.15) is 0 Å². The molecule has 0 atom stereocenters. The molecule has 0 fully saturated rings. The zero-order chi connectivity index (χ0) is 10.8. The Morgan fingerprint density at radius 3 is 2.73 bits per heavy atom. The summed E-state index contributed by atoms with van der Waals surface area (Å²) in [6, 6.07) is 6.43. The molecule has 2 rings (SSSR count). The average molecular weight is 204 g/mol. The summed E-state index contributed by atoms with van der Waals surface area (Å²) in [4.78, 5) is 0. The molecule has 1 aromatic heterocycles. The lowest BCUT2D eigenvalue weighted by Crippen LogP contribution is -1.81. The Hall–Kier alpha value is -1.28. The van der Waals surface area contributed by atoms with Gasteiger partial charge < -0.3 is 9.15 Å². The highest BCUT2D eigenvalue weighted by molar-refractivity contribution is 5.81. The Morgan fingerprint density at radius 2 is 2.07 bits per heavy atom. The predicted molar refractivity (Wildman–Crippen MR) is 61.0 cm³/mol. The molecule has 2 heteroatoms. The molecule has 1 heterocycles. The molecule has 0 aliphatic heterocycles. The molecule has 0 spiro atoms. The highest BCUT2D eigenvalue weighted by Gasteiger charge is 2.07. The molecule has 0 unspecified atom stereocenters. The van der Waals surface area contributed by atoms with Gasteiger partial charge in [-0.15, -0.1) is 0 Å². The molecule has 80 valence electrons. The fourth-order valence-corrected chi connectivity index (χ4v) is 1.88. The number of fused-ring (bicyclic) bond motifs is 1.